The van der Waals surface area contributed by atoms with E-state index in [0.29, 0.717) is 18.4 Å². The van der Waals surface area contributed by atoms with Crippen LogP contribution in [0.3, 0.4) is 0 Å². The summed E-state index contributed by atoms with van der Waals surface area (Å²) in [4.78, 5) is 25.9. The molecule has 6 rings (SSSR count). The van der Waals surface area contributed by atoms with Crippen LogP contribution in [-0.4, -0.2) is 37.6 Å². The predicted molar refractivity (Wildman–Crippen MR) is 144 cm³/mol. The molecule has 0 radical (unpaired) electrons. The molecule has 1 aliphatic heterocycles. The molecule has 0 atom stereocenters. The molecule has 0 fully saturated rings. The largest absolute Gasteiger partial charge is 0.347 e. The van der Waals surface area contributed by atoms with Crippen LogP contribution in [0, 0.1) is 0 Å². The maximum Gasteiger partial charge on any atom is 0.232 e. The van der Waals surface area contributed by atoms with Crippen molar-refractivity contribution in [2.75, 3.05) is 22.1 Å². The second kappa shape index (κ2) is 9.90. The number of rotatable bonds is 8. The first-order chi connectivity index (χ1) is 18.2. The number of fused-ring (bicyclic) bond motifs is 2. The van der Waals surface area contributed by atoms with Gasteiger partial charge in [-0.05, 0) is 54.0 Å². The number of hydrogen-bond donors (Lipinski definition) is 2. The highest BCUT2D eigenvalue weighted by atomic mass is 16.1. The Balaban J connectivity index is 1.17. The number of hydrogen-bond acceptors (Lipinski definition) is 8. The molecule has 0 saturated carbocycles. The Morgan fingerprint density at radius 1 is 0.919 bits per heavy atom. The summed E-state index contributed by atoms with van der Waals surface area (Å²) in [5.74, 6) is 0.868. The quantitative estimate of drug-likeness (QED) is 0.237. The molecule has 0 aliphatic carbocycles. The zero-order valence-electron chi connectivity index (χ0n) is 20.0. The molecule has 0 spiro atoms. The van der Waals surface area contributed by atoms with Gasteiger partial charge in [0.15, 0.2) is 0 Å². The lowest BCUT2D eigenvalue weighted by molar-refractivity contribution is -0.104. The number of nitrogens with one attached hydrogen (secondary N) is 2. The fourth-order valence-corrected chi connectivity index (χ4v) is 4.50. The van der Waals surface area contributed by atoms with Crippen LogP contribution in [0.1, 0.15) is 11.1 Å². The Kier molecular flexibility index (Phi) is 6.00. The molecule has 2 aromatic heterocycles. The van der Waals surface area contributed by atoms with Crippen LogP contribution in [0.4, 0.5) is 29.0 Å². The lowest BCUT2D eigenvalue weighted by Crippen LogP contribution is -2.11. The Labute approximate surface area is 213 Å². The third-order valence-corrected chi connectivity index (χ3v) is 6.26. The molecule has 0 bridgehead atoms. The van der Waals surface area contributed by atoms with Crippen molar-refractivity contribution in [3.8, 4) is 0 Å². The Hall–Kier alpha value is -5.05. The zero-order valence-corrected chi connectivity index (χ0v) is 20.0. The van der Waals surface area contributed by atoms with Gasteiger partial charge in [0.1, 0.15) is 12.6 Å². The van der Waals surface area contributed by atoms with Crippen LogP contribution in [-0.2, 0) is 17.8 Å². The zero-order chi connectivity index (χ0) is 25.0. The van der Waals surface area contributed by atoms with E-state index in [4.69, 9.17) is 0 Å². The van der Waals surface area contributed by atoms with Crippen molar-refractivity contribution in [2.45, 2.75) is 13.0 Å². The summed E-state index contributed by atoms with van der Waals surface area (Å²) in [6.07, 6.45) is 8.37. The predicted octanol–water partition coefficient (Wildman–Crippen LogP) is 4.83. The van der Waals surface area contributed by atoms with Crippen molar-refractivity contribution in [1.29, 1.82) is 0 Å². The first-order valence-electron chi connectivity index (χ1n) is 12.0. The standard InChI is InChI=1S/C28H24N8O/c37-14-4-12-35-13-11-21-7-8-24(16-26(21)35)33-28-30-19-29-27(34-28)32-23-9-10-25-22(15-23)17-31-36(25)18-20-5-2-1-3-6-20/h1-10,12,14-17,19H,11,13,18H2,(H2,29,30,32,33,34). The number of allylic oxidation sites excluding steroid dienone is 1. The normalized spacial score (nSPS) is 12.7. The van der Waals surface area contributed by atoms with E-state index in [1.807, 2.05) is 59.4 Å². The molecule has 1 aliphatic rings. The summed E-state index contributed by atoms with van der Waals surface area (Å²) in [6.45, 7) is 1.56. The fourth-order valence-electron chi connectivity index (χ4n) is 4.50. The maximum atomic E-state index is 10.7. The number of anilines is 5. The summed E-state index contributed by atoms with van der Waals surface area (Å²) >= 11 is 0. The molecule has 3 heterocycles. The number of carbonyl (C=O) groups excluding carboxylic acids is 1. The molecular weight excluding hydrogens is 464 g/mol. The molecule has 2 N–H and O–H groups in total. The monoisotopic (exact) mass is 488 g/mol. The summed E-state index contributed by atoms with van der Waals surface area (Å²) in [6, 6.07) is 22.5. The van der Waals surface area contributed by atoms with Crippen LogP contribution in [0.2, 0.25) is 0 Å². The van der Waals surface area contributed by atoms with Crippen LogP contribution in [0.15, 0.2) is 91.5 Å². The van der Waals surface area contributed by atoms with Gasteiger partial charge in [-0.15, -0.1) is 0 Å². The van der Waals surface area contributed by atoms with Gasteiger partial charge in [-0.2, -0.15) is 10.1 Å². The minimum Gasteiger partial charge on any atom is -0.347 e. The van der Waals surface area contributed by atoms with Gasteiger partial charge >= 0.3 is 0 Å². The van der Waals surface area contributed by atoms with Crippen LogP contribution >= 0.6 is 0 Å². The van der Waals surface area contributed by atoms with Gasteiger partial charge in [0, 0.05) is 35.2 Å². The van der Waals surface area contributed by atoms with Gasteiger partial charge < -0.3 is 15.5 Å². The Bertz CT molecular complexity index is 1590. The molecule has 9 nitrogen and oxygen atoms in total. The molecule has 182 valence electrons. The van der Waals surface area contributed by atoms with E-state index in [1.54, 1.807) is 6.20 Å². The van der Waals surface area contributed by atoms with Gasteiger partial charge in [-0.3, -0.25) is 9.48 Å². The molecule has 0 saturated heterocycles. The molecule has 5 aromatic rings. The molecule has 0 unspecified atom stereocenters. The molecular formula is C28H24N8O. The van der Waals surface area contributed by atoms with E-state index >= 15 is 0 Å². The summed E-state index contributed by atoms with van der Waals surface area (Å²) < 4.78 is 1.99. The van der Waals surface area contributed by atoms with Crippen molar-refractivity contribution in [1.82, 2.24) is 24.7 Å². The molecule has 37 heavy (non-hydrogen) atoms. The number of nitrogens with zero attached hydrogens (tertiary/aromatic N) is 6. The maximum absolute atomic E-state index is 10.7. The average molecular weight is 489 g/mol. The lowest BCUT2D eigenvalue weighted by Gasteiger charge is -2.15. The highest BCUT2D eigenvalue weighted by Gasteiger charge is 2.17. The van der Waals surface area contributed by atoms with Gasteiger partial charge in [0.05, 0.1) is 18.3 Å². The number of benzene rings is 3. The smallest absolute Gasteiger partial charge is 0.232 e. The minimum atomic E-state index is 0.433. The van der Waals surface area contributed by atoms with Crippen molar-refractivity contribution >= 4 is 46.1 Å². The van der Waals surface area contributed by atoms with Crippen LogP contribution in [0.25, 0.3) is 10.9 Å². The van der Waals surface area contributed by atoms with Crippen molar-refractivity contribution < 1.29 is 4.79 Å². The van der Waals surface area contributed by atoms with E-state index in [2.05, 4.69) is 53.8 Å². The van der Waals surface area contributed by atoms with Gasteiger partial charge in [-0.25, -0.2) is 9.97 Å². The first kappa shape index (κ1) is 22.4. The van der Waals surface area contributed by atoms with E-state index in [9.17, 15) is 4.79 Å². The van der Waals surface area contributed by atoms with Crippen LogP contribution < -0.4 is 15.5 Å². The highest BCUT2D eigenvalue weighted by molar-refractivity contribution is 5.83. The third kappa shape index (κ3) is 4.87. The first-order valence-corrected chi connectivity index (χ1v) is 12.0. The summed E-state index contributed by atoms with van der Waals surface area (Å²) in [5, 5.41) is 12.1. The lowest BCUT2D eigenvalue weighted by atomic mass is 10.1. The second-order valence-electron chi connectivity index (χ2n) is 8.71. The van der Waals surface area contributed by atoms with E-state index < -0.39 is 0 Å². The van der Waals surface area contributed by atoms with E-state index in [0.717, 1.165) is 47.2 Å². The van der Waals surface area contributed by atoms with Gasteiger partial charge in [-0.1, -0.05) is 36.4 Å². The molecule has 3 aromatic carbocycles. The Morgan fingerprint density at radius 2 is 1.70 bits per heavy atom. The van der Waals surface area contributed by atoms with E-state index in [1.165, 1.54) is 23.5 Å². The average Bonchev–Trinajstić information content (AvgIpc) is 3.51. The fraction of sp³-hybridized carbons (Fsp3) is 0.107. The molecule has 0 amide bonds. The van der Waals surface area contributed by atoms with Gasteiger partial charge in [0.25, 0.3) is 0 Å². The minimum absolute atomic E-state index is 0.433. The van der Waals surface area contributed by atoms with Gasteiger partial charge in [0.2, 0.25) is 11.9 Å². The number of carbonyl (C=O) groups is 1. The Morgan fingerprint density at radius 3 is 2.51 bits per heavy atom. The highest BCUT2D eigenvalue weighted by Crippen LogP contribution is 2.32. The SMILES string of the molecule is O=CC=CN1CCc2ccc(Nc3ncnc(Nc4ccc5c(cnn5Cc5ccccc5)c4)n3)cc21. The van der Waals surface area contributed by atoms with Crippen LogP contribution in [0.5, 0.6) is 0 Å². The number of aldehydes is 1. The number of aromatic nitrogens is 5. The summed E-state index contributed by atoms with van der Waals surface area (Å²) in [5.41, 5.74) is 6.28. The topological polar surface area (TPSA) is 101 Å². The van der Waals surface area contributed by atoms with Crippen molar-refractivity contribution in [3.63, 3.8) is 0 Å². The van der Waals surface area contributed by atoms with E-state index in [-0.39, 0.29) is 0 Å². The third-order valence-electron chi connectivity index (χ3n) is 6.26. The summed E-state index contributed by atoms with van der Waals surface area (Å²) in [7, 11) is 0. The second-order valence-corrected chi connectivity index (χ2v) is 8.71. The van der Waals surface area contributed by atoms with Crippen molar-refractivity contribution in [3.05, 3.63) is 103 Å². The van der Waals surface area contributed by atoms with Crippen molar-refractivity contribution in [2.24, 2.45) is 0 Å². The molecule has 9 heteroatoms.